The number of carbonyl (C=O) groups is 1. The van der Waals surface area contributed by atoms with Crippen LogP contribution in [0.2, 0.25) is 0 Å². The van der Waals surface area contributed by atoms with Gasteiger partial charge in [-0.1, -0.05) is 43.3 Å². The zero-order chi connectivity index (χ0) is 20.6. The molecule has 1 amide bonds. The summed E-state index contributed by atoms with van der Waals surface area (Å²) >= 11 is 0. The zero-order valence-corrected chi connectivity index (χ0v) is 17.8. The lowest BCUT2D eigenvalue weighted by Gasteiger charge is -2.28. The van der Waals surface area contributed by atoms with Crippen molar-refractivity contribution in [1.82, 2.24) is 4.90 Å². The third kappa shape index (κ3) is 6.23. The molecule has 156 valence electrons. The van der Waals surface area contributed by atoms with Crippen LogP contribution in [0.5, 0.6) is 11.5 Å². The molecule has 1 aliphatic rings. The third-order valence-corrected chi connectivity index (χ3v) is 5.69. The molecule has 2 aromatic carbocycles. The van der Waals surface area contributed by atoms with Crippen molar-refractivity contribution in [3.8, 4) is 11.5 Å². The molecule has 0 bridgehead atoms. The molecule has 29 heavy (non-hydrogen) atoms. The minimum atomic E-state index is 0.193. The molecule has 1 aliphatic heterocycles. The molecule has 1 N–H and O–H groups in total. The molecule has 3 rings (SSSR count). The van der Waals surface area contributed by atoms with E-state index in [1.54, 1.807) is 7.11 Å². The van der Waals surface area contributed by atoms with Gasteiger partial charge in [0.15, 0.2) is 18.0 Å². The molecule has 0 unspecified atom stereocenters. The smallest absolute Gasteiger partial charge is 0.277 e. The van der Waals surface area contributed by atoms with E-state index in [0.29, 0.717) is 31.2 Å². The van der Waals surface area contributed by atoms with Crippen molar-refractivity contribution >= 4 is 5.91 Å². The van der Waals surface area contributed by atoms with Gasteiger partial charge in [-0.25, -0.2) is 0 Å². The first-order valence-electron chi connectivity index (χ1n) is 10.5. The summed E-state index contributed by atoms with van der Waals surface area (Å²) in [5.74, 6) is 2.38. The van der Waals surface area contributed by atoms with E-state index >= 15 is 0 Å². The minimum Gasteiger partial charge on any atom is -0.493 e. The van der Waals surface area contributed by atoms with Crippen molar-refractivity contribution in [3.63, 3.8) is 0 Å². The number of methoxy groups -OCH3 is 1. The number of nitrogens with one attached hydrogen (secondary N) is 1. The summed E-state index contributed by atoms with van der Waals surface area (Å²) < 4.78 is 11.4. The maximum atomic E-state index is 12.6. The van der Waals surface area contributed by atoms with Crippen molar-refractivity contribution in [2.75, 3.05) is 33.8 Å². The Kier molecular flexibility index (Phi) is 7.53. The van der Waals surface area contributed by atoms with E-state index in [9.17, 15) is 4.79 Å². The minimum absolute atomic E-state index is 0.193. The molecular formula is C24H33N2O3+. The highest BCUT2D eigenvalue weighted by Crippen LogP contribution is 2.29. The number of nitrogens with zero attached hydrogens (tertiary/aromatic N) is 1. The van der Waals surface area contributed by atoms with Gasteiger partial charge in [-0.2, -0.15) is 0 Å². The Morgan fingerprint density at radius 2 is 1.79 bits per heavy atom. The highest BCUT2D eigenvalue weighted by molar-refractivity contribution is 5.76. The van der Waals surface area contributed by atoms with Crippen LogP contribution in [0, 0.1) is 5.92 Å². The molecular weight excluding hydrogens is 364 g/mol. The first kappa shape index (κ1) is 21.2. The number of hydrogen-bond donors (Lipinski definition) is 1. The lowest BCUT2D eigenvalue weighted by Crippen LogP contribution is -3.14. The van der Waals surface area contributed by atoms with Crippen LogP contribution in [0.4, 0.5) is 0 Å². The van der Waals surface area contributed by atoms with Crippen molar-refractivity contribution in [2.45, 2.75) is 32.9 Å². The summed E-state index contributed by atoms with van der Waals surface area (Å²) in [7, 11) is 3.52. The van der Waals surface area contributed by atoms with Crippen LogP contribution in [0.25, 0.3) is 0 Å². The first-order valence-corrected chi connectivity index (χ1v) is 10.5. The number of amides is 1. The fourth-order valence-electron chi connectivity index (χ4n) is 3.72. The fourth-order valence-corrected chi connectivity index (χ4v) is 3.72. The molecule has 0 saturated carbocycles. The Balaban J connectivity index is 1.55. The predicted molar refractivity (Wildman–Crippen MR) is 114 cm³/mol. The van der Waals surface area contributed by atoms with Crippen molar-refractivity contribution in [2.24, 2.45) is 5.92 Å². The van der Waals surface area contributed by atoms with Crippen LogP contribution in [-0.2, 0) is 17.9 Å². The second-order valence-electron chi connectivity index (χ2n) is 8.12. The molecule has 0 atom stereocenters. The van der Waals surface area contributed by atoms with Gasteiger partial charge in [0.25, 0.3) is 5.91 Å². The number of likely N-dealkylation sites (N-methyl/N-ethyl adjacent to an activating group) is 1. The number of hydrogen-bond acceptors (Lipinski definition) is 3. The maximum absolute atomic E-state index is 12.6. The van der Waals surface area contributed by atoms with E-state index in [1.807, 2.05) is 60.5 Å². The fraction of sp³-hybridized carbons (Fsp3) is 0.458. The van der Waals surface area contributed by atoms with Gasteiger partial charge in [-0.15, -0.1) is 0 Å². The summed E-state index contributed by atoms with van der Waals surface area (Å²) in [6.45, 7) is 6.14. The van der Waals surface area contributed by atoms with Crippen LogP contribution >= 0.6 is 0 Å². The quantitative estimate of drug-likeness (QED) is 0.745. The van der Waals surface area contributed by atoms with Crippen LogP contribution < -0.4 is 14.4 Å². The van der Waals surface area contributed by atoms with Crippen LogP contribution in [0.15, 0.2) is 48.5 Å². The number of quaternary nitrogens is 1. The van der Waals surface area contributed by atoms with Crippen molar-refractivity contribution in [3.05, 3.63) is 59.7 Å². The topological polar surface area (TPSA) is 43.2 Å². The molecule has 2 aromatic rings. The molecule has 5 heteroatoms. The summed E-state index contributed by atoms with van der Waals surface area (Å²) in [5, 5.41) is 0. The summed E-state index contributed by atoms with van der Waals surface area (Å²) in [5.41, 5.74) is 2.14. The van der Waals surface area contributed by atoms with Gasteiger partial charge in [0.2, 0.25) is 0 Å². The Morgan fingerprint density at radius 3 is 2.48 bits per heavy atom. The molecule has 1 saturated heterocycles. The Morgan fingerprint density at radius 1 is 1.07 bits per heavy atom. The van der Waals surface area contributed by atoms with Gasteiger partial charge < -0.3 is 19.3 Å². The average Bonchev–Trinajstić information content (AvgIpc) is 2.75. The molecule has 0 spiro atoms. The van der Waals surface area contributed by atoms with Gasteiger partial charge >= 0.3 is 0 Å². The Hall–Kier alpha value is -2.53. The van der Waals surface area contributed by atoms with Crippen LogP contribution in [-0.4, -0.2) is 44.6 Å². The molecule has 1 fully saturated rings. The van der Waals surface area contributed by atoms with E-state index in [1.165, 1.54) is 17.7 Å². The second kappa shape index (κ2) is 10.3. The monoisotopic (exact) mass is 397 g/mol. The van der Waals surface area contributed by atoms with Gasteiger partial charge in [0.1, 0.15) is 6.61 Å². The normalized spacial score (nSPS) is 18.9. The number of rotatable bonds is 8. The standard InChI is InChI=1S/C24H32N2O3/c1-19-11-13-26(14-12-19)17-24(27)25(2)16-21-9-10-22(23(15-21)28-3)29-18-20-7-5-4-6-8-20/h4-10,15,19H,11-14,16-18H2,1-3H3/p+1. The SMILES string of the molecule is COc1cc(CN(C)C(=O)C[NH+]2CCC(C)CC2)ccc1OCc1ccccc1. The predicted octanol–water partition coefficient (Wildman–Crippen LogP) is 2.55. The highest BCUT2D eigenvalue weighted by atomic mass is 16.5. The second-order valence-corrected chi connectivity index (χ2v) is 8.12. The number of likely N-dealkylation sites (tertiary alicyclic amines) is 1. The molecule has 0 radical (unpaired) electrons. The van der Waals surface area contributed by atoms with E-state index < -0.39 is 0 Å². The van der Waals surface area contributed by atoms with Gasteiger partial charge in [0.05, 0.1) is 20.2 Å². The van der Waals surface area contributed by atoms with Crippen LogP contribution in [0.3, 0.4) is 0 Å². The Labute approximate surface area is 174 Å². The van der Waals surface area contributed by atoms with E-state index in [2.05, 4.69) is 6.92 Å². The first-order chi connectivity index (χ1) is 14.0. The lowest BCUT2D eigenvalue weighted by atomic mass is 9.99. The average molecular weight is 398 g/mol. The van der Waals surface area contributed by atoms with Gasteiger partial charge in [0, 0.05) is 13.6 Å². The molecule has 1 heterocycles. The molecule has 0 aromatic heterocycles. The number of ether oxygens (including phenoxy) is 2. The van der Waals surface area contributed by atoms with E-state index in [4.69, 9.17) is 9.47 Å². The van der Waals surface area contributed by atoms with Crippen LogP contribution in [0.1, 0.15) is 30.9 Å². The van der Waals surface area contributed by atoms with Gasteiger partial charge in [-0.3, -0.25) is 4.79 Å². The van der Waals surface area contributed by atoms with Crippen molar-refractivity contribution < 1.29 is 19.2 Å². The Bertz CT molecular complexity index is 786. The largest absolute Gasteiger partial charge is 0.493 e. The zero-order valence-electron chi connectivity index (χ0n) is 17.8. The van der Waals surface area contributed by atoms with Gasteiger partial charge in [-0.05, 0) is 42.0 Å². The number of piperidine rings is 1. The summed E-state index contributed by atoms with van der Waals surface area (Å²) in [6.07, 6.45) is 2.43. The number of carbonyl (C=O) groups excluding carboxylic acids is 1. The highest BCUT2D eigenvalue weighted by Gasteiger charge is 2.23. The summed E-state index contributed by atoms with van der Waals surface area (Å²) in [6, 6.07) is 15.9. The summed E-state index contributed by atoms with van der Waals surface area (Å²) in [4.78, 5) is 15.8. The lowest BCUT2D eigenvalue weighted by molar-refractivity contribution is -0.898. The third-order valence-electron chi connectivity index (χ3n) is 5.69. The van der Waals surface area contributed by atoms with E-state index in [0.717, 1.165) is 30.1 Å². The molecule has 0 aliphatic carbocycles. The van der Waals surface area contributed by atoms with E-state index in [-0.39, 0.29) is 5.91 Å². The van der Waals surface area contributed by atoms with Crippen molar-refractivity contribution in [1.29, 1.82) is 0 Å². The number of benzene rings is 2. The maximum Gasteiger partial charge on any atom is 0.277 e. The molecule has 5 nitrogen and oxygen atoms in total.